The second-order valence-electron chi connectivity index (χ2n) is 7.30. The fourth-order valence-electron chi connectivity index (χ4n) is 3.66. The average Bonchev–Trinajstić information content (AvgIpc) is 3.30. The third-order valence-electron chi connectivity index (χ3n) is 5.30. The summed E-state index contributed by atoms with van der Waals surface area (Å²) in [6.45, 7) is 1.60. The largest absolute Gasteiger partial charge is 0.467 e. The Morgan fingerprint density at radius 2 is 1.86 bits per heavy atom. The number of imide groups is 1. The number of fused-ring (bicyclic) bond motifs is 1. The number of carbonyl (C=O) groups is 3. The van der Waals surface area contributed by atoms with E-state index in [0.29, 0.717) is 11.3 Å². The van der Waals surface area contributed by atoms with Crippen LogP contribution in [-0.2, 0) is 21.7 Å². The third-order valence-corrected chi connectivity index (χ3v) is 5.30. The SMILES string of the molecule is CN(Cc1ccco1)C(=O)CN1C(=O)NC(C)(c2cccc3ccccc23)C1=O. The number of hydrogen-bond acceptors (Lipinski definition) is 4. The van der Waals surface area contributed by atoms with Crippen LogP contribution in [-0.4, -0.2) is 41.2 Å². The Morgan fingerprint density at radius 1 is 1.10 bits per heavy atom. The highest BCUT2D eigenvalue weighted by atomic mass is 16.3. The minimum absolute atomic E-state index is 0.260. The Morgan fingerprint density at radius 3 is 2.62 bits per heavy atom. The van der Waals surface area contributed by atoms with Gasteiger partial charge in [0, 0.05) is 7.05 Å². The van der Waals surface area contributed by atoms with Crippen molar-refractivity contribution in [3.8, 4) is 0 Å². The third kappa shape index (κ3) is 3.24. The molecule has 0 aliphatic carbocycles. The van der Waals surface area contributed by atoms with Crippen LogP contribution in [0.2, 0.25) is 0 Å². The number of hydrogen-bond donors (Lipinski definition) is 1. The molecule has 1 atom stereocenters. The van der Waals surface area contributed by atoms with Crippen molar-refractivity contribution in [3.63, 3.8) is 0 Å². The summed E-state index contributed by atoms with van der Waals surface area (Å²) in [5.41, 5.74) is -0.537. The fraction of sp³-hybridized carbons (Fsp3) is 0.227. The van der Waals surface area contributed by atoms with E-state index in [9.17, 15) is 14.4 Å². The molecule has 7 heteroatoms. The Kier molecular flexibility index (Phi) is 4.58. The predicted molar refractivity (Wildman–Crippen MR) is 107 cm³/mol. The van der Waals surface area contributed by atoms with Crippen LogP contribution in [0.25, 0.3) is 10.8 Å². The van der Waals surface area contributed by atoms with Gasteiger partial charge in [-0.1, -0.05) is 42.5 Å². The molecular formula is C22H21N3O4. The number of benzene rings is 2. The van der Waals surface area contributed by atoms with Gasteiger partial charge in [0.15, 0.2) is 0 Å². The zero-order valence-corrected chi connectivity index (χ0v) is 16.2. The molecule has 3 aromatic rings. The van der Waals surface area contributed by atoms with Gasteiger partial charge in [-0.05, 0) is 35.4 Å². The fourth-order valence-corrected chi connectivity index (χ4v) is 3.66. The topological polar surface area (TPSA) is 82.9 Å². The lowest BCUT2D eigenvalue weighted by Gasteiger charge is -2.24. The van der Waals surface area contributed by atoms with Crippen LogP contribution in [0.1, 0.15) is 18.2 Å². The van der Waals surface area contributed by atoms with Gasteiger partial charge in [-0.25, -0.2) is 4.79 Å². The van der Waals surface area contributed by atoms with Gasteiger partial charge in [0.1, 0.15) is 17.8 Å². The molecule has 0 bridgehead atoms. The van der Waals surface area contributed by atoms with Crippen LogP contribution in [0, 0.1) is 0 Å². The number of carbonyl (C=O) groups excluding carboxylic acids is 3. The molecule has 1 aliphatic heterocycles. The quantitative estimate of drug-likeness (QED) is 0.678. The second-order valence-corrected chi connectivity index (χ2v) is 7.30. The monoisotopic (exact) mass is 391 g/mol. The molecular weight excluding hydrogens is 370 g/mol. The first-order valence-corrected chi connectivity index (χ1v) is 9.29. The Hall–Kier alpha value is -3.61. The maximum absolute atomic E-state index is 13.2. The average molecular weight is 391 g/mol. The molecule has 7 nitrogen and oxygen atoms in total. The molecule has 2 aromatic carbocycles. The molecule has 1 aliphatic rings. The van der Waals surface area contributed by atoms with E-state index in [1.165, 1.54) is 11.2 Å². The van der Waals surface area contributed by atoms with Gasteiger partial charge in [0.05, 0.1) is 12.8 Å². The van der Waals surface area contributed by atoms with Crippen LogP contribution >= 0.6 is 0 Å². The lowest BCUT2D eigenvalue weighted by Crippen LogP contribution is -2.43. The molecule has 1 unspecified atom stereocenters. The summed E-state index contributed by atoms with van der Waals surface area (Å²) >= 11 is 0. The highest BCUT2D eigenvalue weighted by molar-refractivity contribution is 6.10. The minimum Gasteiger partial charge on any atom is -0.467 e. The van der Waals surface area contributed by atoms with E-state index in [1.807, 2.05) is 42.5 Å². The normalized spacial score (nSPS) is 18.9. The highest BCUT2D eigenvalue weighted by Crippen LogP contribution is 2.33. The number of nitrogens with one attached hydrogen (secondary N) is 1. The summed E-state index contributed by atoms with van der Waals surface area (Å²) < 4.78 is 5.24. The van der Waals surface area contributed by atoms with Crippen LogP contribution < -0.4 is 5.32 Å². The first kappa shape index (κ1) is 18.7. The van der Waals surface area contributed by atoms with Gasteiger partial charge >= 0.3 is 6.03 Å². The van der Waals surface area contributed by atoms with Gasteiger partial charge in [0.25, 0.3) is 5.91 Å². The summed E-state index contributed by atoms with van der Waals surface area (Å²) in [5, 5.41) is 4.63. The van der Waals surface area contributed by atoms with E-state index >= 15 is 0 Å². The number of urea groups is 1. The van der Waals surface area contributed by atoms with E-state index in [0.717, 1.165) is 15.7 Å². The molecule has 4 amide bonds. The van der Waals surface area contributed by atoms with Gasteiger partial charge < -0.3 is 14.6 Å². The summed E-state index contributed by atoms with van der Waals surface area (Å²) in [4.78, 5) is 40.8. The molecule has 1 aromatic heterocycles. The van der Waals surface area contributed by atoms with Crippen molar-refractivity contribution in [1.29, 1.82) is 0 Å². The van der Waals surface area contributed by atoms with Crippen LogP contribution in [0.3, 0.4) is 0 Å². The highest BCUT2D eigenvalue weighted by Gasteiger charge is 2.50. The van der Waals surface area contributed by atoms with Crippen molar-refractivity contribution >= 4 is 28.6 Å². The molecule has 1 saturated heterocycles. The van der Waals surface area contributed by atoms with E-state index in [4.69, 9.17) is 4.42 Å². The second kappa shape index (κ2) is 7.09. The van der Waals surface area contributed by atoms with E-state index < -0.39 is 17.5 Å². The molecule has 148 valence electrons. The summed E-state index contributed by atoms with van der Waals surface area (Å²) in [6.07, 6.45) is 1.53. The minimum atomic E-state index is -1.24. The maximum atomic E-state index is 13.2. The Balaban J connectivity index is 1.57. The summed E-state index contributed by atoms with van der Waals surface area (Å²) in [5.74, 6) is -0.177. The molecule has 29 heavy (non-hydrogen) atoms. The summed E-state index contributed by atoms with van der Waals surface area (Å²) in [6, 6.07) is 16.2. The maximum Gasteiger partial charge on any atom is 0.325 e. The lowest BCUT2D eigenvalue weighted by atomic mass is 9.88. The van der Waals surface area contributed by atoms with Crippen LogP contribution in [0.4, 0.5) is 4.79 Å². The molecule has 0 saturated carbocycles. The summed E-state index contributed by atoms with van der Waals surface area (Å²) in [7, 11) is 1.60. The molecule has 1 N–H and O–H groups in total. The standard InChI is InChI=1S/C22H21N3O4/c1-22(18-11-5-8-15-7-3-4-10-17(15)18)20(27)25(21(28)23-22)14-19(26)24(2)13-16-9-6-12-29-16/h3-12H,13-14H2,1-2H3,(H,23,28). The van der Waals surface area contributed by atoms with Crippen LogP contribution in [0.15, 0.2) is 65.3 Å². The first-order valence-electron chi connectivity index (χ1n) is 9.29. The van der Waals surface area contributed by atoms with E-state index in [-0.39, 0.29) is 19.0 Å². The zero-order valence-electron chi connectivity index (χ0n) is 16.2. The number of rotatable bonds is 5. The smallest absolute Gasteiger partial charge is 0.325 e. The van der Waals surface area contributed by atoms with Crippen molar-refractivity contribution in [2.75, 3.05) is 13.6 Å². The predicted octanol–water partition coefficient (Wildman–Crippen LogP) is 2.86. The van der Waals surface area contributed by atoms with E-state index in [1.54, 1.807) is 26.1 Å². The van der Waals surface area contributed by atoms with Crippen molar-refractivity contribution in [2.45, 2.75) is 19.0 Å². The molecule has 2 heterocycles. The zero-order chi connectivity index (χ0) is 20.6. The number of furan rings is 1. The Labute approximate surface area is 167 Å². The number of amides is 4. The molecule has 0 spiro atoms. The van der Waals surface area contributed by atoms with Crippen molar-refractivity contribution in [2.24, 2.45) is 0 Å². The van der Waals surface area contributed by atoms with Gasteiger partial charge in [-0.2, -0.15) is 0 Å². The van der Waals surface area contributed by atoms with Crippen molar-refractivity contribution in [3.05, 3.63) is 72.2 Å². The van der Waals surface area contributed by atoms with Crippen molar-refractivity contribution < 1.29 is 18.8 Å². The lowest BCUT2D eigenvalue weighted by molar-refractivity contribution is -0.138. The molecule has 1 fully saturated rings. The van der Waals surface area contributed by atoms with Gasteiger partial charge in [0.2, 0.25) is 5.91 Å². The van der Waals surface area contributed by atoms with Crippen LogP contribution in [0.5, 0.6) is 0 Å². The van der Waals surface area contributed by atoms with Gasteiger partial charge in [-0.15, -0.1) is 0 Å². The molecule has 0 radical (unpaired) electrons. The molecule has 4 rings (SSSR count). The Bertz CT molecular complexity index is 1090. The first-order chi connectivity index (χ1) is 13.9. The van der Waals surface area contributed by atoms with Crippen molar-refractivity contribution in [1.82, 2.24) is 15.1 Å². The number of likely N-dealkylation sites (N-methyl/N-ethyl adjacent to an activating group) is 1. The van der Waals surface area contributed by atoms with E-state index in [2.05, 4.69) is 5.32 Å². The van der Waals surface area contributed by atoms with Gasteiger partial charge in [-0.3, -0.25) is 14.5 Å². The number of nitrogens with zero attached hydrogens (tertiary/aromatic N) is 2.